The summed E-state index contributed by atoms with van der Waals surface area (Å²) in [6.07, 6.45) is 2.30. The largest absolute Gasteiger partial charge is 0.307 e. The van der Waals surface area contributed by atoms with E-state index in [9.17, 15) is 8.78 Å². The molecule has 2 rings (SSSR count). The van der Waals surface area contributed by atoms with E-state index < -0.39 is 11.6 Å². The molecule has 0 aliphatic carbocycles. The fraction of sp³-hybridized carbons (Fsp3) is 0.538. The van der Waals surface area contributed by atoms with Gasteiger partial charge in [-0.2, -0.15) is 11.8 Å². The summed E-state index contributed by atoms with van der Waals surface area (Å²) >= 11 is 1.98. The third-order valence-electron chi connectivity index (χ3n) is 3.15. The quantitative estimate of drug-likeness (QED) is 0.889. The zero-order valence-corrected chi connectivity index (χ0v) is 10.7. The van der Waals surface area contributed by atoms with Crippen molar-refractivity contribution < 1.29 is 8.78 Å². The van der Waals surface area contributed by atoms with Gasteiger partial charge in [-0.05, 0) is 49.0 Å². The molecule has 1 fully saturated rings. The lowest BCUT2D eigenvalue weighted by molar-refractivity contribution is 0.428. The molecule has 1 unspecified atom stereocenters. The van der Waals surface area contributed by atoms with Crippen LogP contribution < -0.4 is 5.32 Å². The van der Waals surface area contributed by atoms with E-state index in [2.05, 4.69) is 5.32 Å². The molecule has 94 valence electrons. The van der Waals surface area contributed by atoms with Gasteiger partial charge in [0.05, 0.1) is 0 Å². The van der Waals surface area contributed by atoms with Crippen LogP contribution in [0, 0.1) is 11.6 Å². The summed E-state index contributed by atoms with van der Waals surface area (Å²) in [7, 11) is 0. The molecule has 0 saturated carbocycles. The van der Waals surface area contributed by atoms with Crippen LogP contribution in [0.4, 0.5) is 8.78 Å². The molecule has 17 heavy (non-hydrogen) atoms. The van der Waals surface area contributed by atoms with Crippen LogP contribution in [-0.2, 0) is 0 Å². The van der Waals surface area contributed by atoms with Gasteiger partial charge in [0.2, 0.25) is 0 Å². The number of halogens is 2. The van der Waals surface area contributed by atoms with E-state index in [-0.39, 0.29) is 6.04 Å². The first kappa shape index (κ1) is 12.8. The smallest absolute Gasteiger partial charge is 0.159 e. The highest BCUT2D eigenvalue weighted by molar-refractivity contribution is 7.99. The molecule has 0 amide bonds. The van der Waals surface area contributed by atoms with Crippen LogP contribution in [0.2, 0.25) is 0 Å². The van der Waals surface area contributed by atoms with Gasteiger partial charge < -0.3 is 5.32 Å². The van der Waals surface area contributed by atoms with Crippen molar-refractivity contribution in [3.8, 4) is 0 Å². The zero-order valence-electron chi connectivity index (χ0n) is 9.88. The standard InChI is InChI=1S/C13H17F2NS/c1-9(16-11-4-6-17-7-5-11)10-2-3-12(14)13(15)8-10/h2-3,8-9,11,16H,4-7H2,1H3. The molecule has 1 N–H and O–H groups in total. The Morgan fingerprint density at radius 2 is 1.94 bits per heavy atom. The second kappa shape index (κ2) is 5.83. The molecule has 0 spiro atoms. The van der Waals surface area contributed by atoms with E-state index >= 15 is 0 Å². The van der Waals surface area contributed by atoms with Crippen molar-refractivity contribution in [3.63, 3.8) is 0 Å². The van der Waals surface area contributed by atoms with Crippen molar-refractivity contribution in [2.24, 2.45) is 0 Å². The van der Waals surface area contributed by atoms with Crippen molar-refractivity contribution in [2.75, 3.05) is 11.5 Å². The Morgan fingerprint density at radius 1 is 1.24 bits per heavy atom. The van der Waals surface area contributed by atoms with E-state index in [0.29, 0.717) is 6.04 Å². The number of rotatable bonds is 3. The molecule has 4 heteroatoms. The maximum atomic E-state index is 13.1. The molecule has 1 saturated heterocycles. The number of thioether (sulfide) groups is 1. The minimum Gasteiger partial charge on any atom is -0.307 e. The van der Waals surface area contributed by atoms with E-state index in [1.165, 1.54) is 23.6 Å². The summed E-state index contributed by atoms with van der Waals surface area (Å²) in [6, 6.07) is 4.69. The van der Waals surface area contributed by atoms with Crippen LogP contribution in [0.1, 0.15) is 31.4 Å². The number of hydrogen-bond acceptors (Lipinski definition) is 2. The third kappa shape index (κ3) is 3.42. The maximum absolute atomic E-state index is 13.1. The Balaban J connectivity index is 1.98. The van der Waals surface area contributed by atoms with Crippen molar-refractivity contribution in [1.29, 1.82) is 0 Å². The van der Waals surface area contributed by atoms with Crippen LogP contribution in [0.3, 0.4) is 0 Å². The van der Waals surface area contributed by atoms with Gasteiger partial charge in [0, 0.05) is 12.1 Å². The molecule has 0 aromatic heterocycles. The molecule has 1 aromatic carbocycles. The number of benzene rings is 1. The molecule has 0 bridgehead atoms. The predicted octanol–water partition coefficient (Wildman–Crippen LogP) is 3.51. The van der Waals surface area contributed by atoms with E-state index in [1.54, 1.807) is 6.07 Å². The van der Waals surface area contributed by atoms with Gasteiger partial charge in [0.25, 0.3) is 0 Å². The number of hydrogen-bond donors (Lipinski definition) is 1. The monoisotopic (exact) mass is 257 g/mol. The third-order valence-corrected chi connectivity index (χ3v) is 4.20. The molecule has 1 aliphatic rings. The van der Waals surface area contributed by atoms with Gasteiger partial charge in [-0.25, -0.2) is 8.78 Å². The minimum atomic E-state index is -0.782. The lowest BCUT2D eigenvalue weighted by Crippen LogP contribution is -2.34. The number of nitrogens with one attached hydrogen (secondary N) is 1. The summed E-state index contributed by atoms with van der Waals surface area (Å²) < 4.78 is 25.9. The van der Waals surface area contributed by atoms with Gasteiger partial charge in [-0.15, -0.1) is 0 Å². The Morgan fingerprint density at radius 3 is 2.59 bits per heavy atom. The van der Waals surface area contributed by atoms with Gasteiger partial charge in [0.15, 0.2) is 11.6 Å². The Kier molecular flexibility index (Phi) is 4.40. The SMILES string of the molecule is CC(NC1CCSCC1)c1ccc(F)c(F)c1. The predicted molar refractivity (Wildman–Crippen MR) is 68.3 cm³/mol. The van der Waals surface area contributed by atoms with E-state index in [1.807, 2.05) is 18.7 Å². The molecular weight excluding hydrogens is 240 g/mol. The molecule has 1 aromatic rings. The topological polar surface area (TPSA) is 12.0 Å². The molecular formula is C13H17F2NS. The highest BCUT2D eigenvalue weighted by Crippen LogP contribution is 2.21. The fourth-order valence-electron chi connectivity index (χ4n) is 2.10. The summed E-state index contributed by atoms with van der Waals surface area (Å²) in [5, 5.41) is 3.48. The first-order valence-corrected chi connectivity index (χ1v) is 7.11. The van der Waals surface area contributed by atoms with Gasteiger partial charge >= 0.3 is 0 Å². The minimum absolute atomic E-state index is 0.0678. The van der Waals surface area contributed by atoms with Crippen LogP contribution >= 0.6 is 11.8 Å². The Hall–Kier alpha value is -0.610. The first-order chi connectivity index (χ1) is 8.16. The molecule has 1 aliphatic heterocycles. The molecule has 1 atom stereocenters. The highest BCUT2D eigenvalue weighted by atomic mass is 32.2. The van der Waals surface area contributed by atoms with E-state index in [4.69, 9.17) is 0 Å². The van der Waals surface area contributed by atoms with Crippen molar-refractivity contribution in [3.05, 3.63) is 35.4 Å². The average Bonchev–Trinajstić information content (AvgIpc) is 2.34. The second-order valence-electron chi connectivity index (χ2n) is 4.45. The lowest BCUT2D eigenvalue weighted by atomic mass is 10.1. The van der Waals surface area contributed by atoms with Crippen LogP contribution in [0.15, 0.2) is 18.2 Å². The highest BCUT2D eigenvalue weighted by Gasteiger charge is 2.17. The second-order valence-corrected chi connectivity index (χ2v) is 5.67. The summed E-state index contributed by atoms with van der Waals surface area (Å²) in [5.74, 6) is 0.815. The molecule has 1 heterocycles. The lowest BCUT2D eigenvalue weighted by Gasteiger charge is -2.26. The summed E-state index contributed by atoms with van der Waals surface area (Å²) in [6.45, 7) is 1.99. The Labute approximate surface area is 105 Å². The Bertz CT molecular complexity index is 378. The van der Waals surface area contributed by atoms with Crippen molar-refractivity contribution >= 4 is 11.8 Å². The van der Waals surface area contributed by atoms with Crippen LogP contribution in [0.5, 0.6) is 0 Å². The normalized spacial score (nSPS) is 19.2. The van der Waals surface area contributed by atoms with Crippen LogP contribution in [0.25, 0.3) is 0 Å². The molecule has 0 radical (unpaired) electrons. The van der Waals surface area contributed by atoms with Gasteiger partial charge in [-0.3, -0.25) is 0 Å². The first-order valence-electron chi connectivity index (χ1n) is 5.95. The van der Waals surface area contributed by atoms with Crippen LogP contribution in [-0.4, -0.2) is 17.5 Å². The summed E-state index contributed by atoms with van der Waals surface area (Å²) in [4.78, 5) is 0. The van der Waals surface area contributed by atoms with Gasteiger partial charge in [0.1, 0.15) is 0 Å². The average molecular weight is 257 g/mol. The van der Waals surface area contributed by atoms with Gasteiger partial charge in [-0.1, -0.05) is 6.07 Å². The fourth-order valence-corrected chi connectivity index (χ4v) is 3.20. The summed E-state index contributed by atoms with van der Waals surface area (Å²) in [5.41, 5.74) is 0.808. The van der Waals surface area contributed by atoms with Crippen molar-refractivity contribution in [1.82, 2.24) is 5.32 Å². The molecule has 1 nitrogen and oxygen atoms in total. The maximum Gasteiger partial charge on any atom is 0.159 e. The zero-order chi connectivity index (χ0) is 12.3. The van der Waals surface area contributed by atoms with E-state index in [0.717, 1.165) is 18.4 Å². The van der Waals surface area contributed by atoms with Crippen molar-refractivity contribution in [2.45, 2.75) is 31.8 Å².